The van der Waals surface area contributed by atoms with Crippen LogP contribution in [0.15, 0.2) is 0 Å². The highest BCUT2D eigenvalue weighted by atomic mass is 16.5. The minimum Gasteiger partial charge on any atom is -0.380 e. The summed E-state index contributed by atoms with van der Waals surface area (Å²) in [6, 6.07) is 0.868. The van der Waals surface area contributed by atoms with Crippen molar-refractivity contribution in [3.8, 4) is 0 Å². The predicted molar refractivity (Wildman–Crippen MR) is 50.4 cm³/mol. The molecule has 4 unspecified atom stereocenters. The van der Waals surface area contributed by atoms with Gasteiger partial charge >= 0.3 is 0 Å². The average molecular weight is 182 g/mol. The summed E-state index contributed by atoms with van der Waals surface area (Å²) in [5.41, 5.74) is 6.05. The molecule has 3 aliphatic rings. The van der Waals surface area contributed by atoms with Gasteiger partial charge in [-0.25, -0.2) is 0 Å². The van der Waals surface area contributed by atoms with Gasteiger partial charge in [-0.05, 0) is 24.7 Å². The Kier molecular flexibility index (Phi) is 1.86. The Bertz CT molecular complexity index is 199. The van der Waals surface area contributed by atoms with Crippen molar-refractivity contribution in [3.05, 3.63) is 0 Å². The zero-order valence-corrected chi connectivity index (χ0v) is 7.98. The maximum absolute atomic E-state index is 6.05. The molecule has 3 nitrogen and oxygen atoms in total. The lowest BCUT2D eigenvalue weighted by Crippen LogP contribution is -2.52. The monoisotopic (exact) mass is 182 g/mol. The largest absolute Gasteiger partial charge is 0.380 e. The van der Waals surface area contributed by atoms with E-state index in [9.17, 15) is 0 Å². The number of hydrogen-bond acceptors (Lipinski definition) is 3. The second-order valence-corrected chi connectivity index (χ2v) is 4.80. The molecule has 4 atom stereocenters. The summed E-state index contributed by atoms with van der Waals surface area (Å²) in [6.45, 7) is 4.28. The number of ether oxygens (including phenoxy) is 1. The number of nitrogens with two attached hydrogens (primary N) is 1. The van der Waals surface area contributed by atoms with E-state index >= 15 is 0 Å². The van der Waals surface area contributed by atoms with Crippen LogP contribution < -0.4 is 5.73 Å². The molecule has 0 radical (unpaired) electrons. The average Bonchev–Trinajstić information content (AvgIpc) is 2.75. The lowest BCUT2D eigenvalue weighted by atomic mass is 10.0. The van der Waals surface area contributed by atoms with Gasteiger partial charge in [-0.3, -0.25) is 4.90 Å². The molecule has 13 heavy (non-hydrogen) atoms. The van der Waals surface area contributed by atoms with Crippen LogP contribution in [0, 0.1) is 11.8 Å². The number of hydrogen-bond donors (Lipinski definition) is 1. The fraction of sp³-hybridized carbons (Fsp3) is 1.00. The van der Waals surface area contributed by atoms with Gasteiger partial charge in [0.1, 0.15) is 0 Å². The van der Waals surface area contributed by atoms with Gasteiger partial charge in [-0.15, -0.1) is 0 Å². The maximum atomic E-state index is 6.05. The molecule has 3 heteroatoms. The first-order chi connectivity index (χ1) is 6.34. The number of rotatable bonds is 1. The van der Waals surface area contributed by atoms with Crippen LogP contribution in [0.3, 0.4) is 0 Å². The van der Waals surface area contributed by atoms with E-state index in [1.807, 2.05) is 0 Å². The molecule has 3 rings (SSSR count). The second-order valence-electron chi connectivity index (χ2n) is 4.80. The lowest BCUT2D eigenvalue weighted by Gasteiger charge is -2.36. The third-order valence-electron chi connectivity index (χ3n) is 3.84. The van der Waals surface area contributed by atoms with Crippen molar-refractivity contribution in [2.45, 2.75) is 24.9 Å². The SMILES string of the molecule is NC1COCCC1N1CC2CC2C1. The van der Waals surface area contributed by atoms with Crippen molar-refractivity contribution < 1.29 is 4.74 Å². The summed E-state index contributed by atoms with van der Waals surface area (Å²) < 4.78 is 5.36. The van der Waals surface area contributed by atoms with Crippen LogP contribution in [0.2, 0.25) is 0 Å². The maximum Gasteiger partial charge on any atom is 0.0632 e. The highest BCUT2D eigenvalue weighted by Crippen LogP contribution is 2.46. The van der Waals surface area contributed by atoms with E-state index in [1.165, 1.54) is 19.5 Å². The van der Waals surface area contributed by atoms with E-state index in [4.69, 9.17) is 10.5 Å². The van der Waals surface area contributed by atoms with Crippen LogP contribution >= 0.6 is 0 Å². The van der Waals surface area contributed by atoms with E-state index in [2.05, 4.69) is 4.90 Å². The normalized spacial score (nSPS) is 50.5. The van der Waals surface area contributed by atoms with E-state index in [0.29, 0.717) is 6.04 Å². The van der Waals surface area contributed by atoms with Gasteiger partial charge in [-0.1, -0.05) is 0 Å². The topological polar surface area (TPSA) is 38.5 Å². The van der Waals surface area contributed by atoms with Crippen LogP contribution in [-0.4, -0.2) is 43.3 Å². The Morgan fingerprint density at radius 1 is 1.23 bits per heavy atom. The lowest BCUT2D eigenvalue weighted by molar-refractivity contribution is 0.0220. The molecule has 0 spiro atoms. The van der Waals surface area contributed by atoms with E-state index in [-0.39, 0.29) is 6.04 Å². The molecule has 1 aliphatic carbocycles. The van der Waals surface area contributed by atoms with Gasteiger partial charge in [0.05, 0.1) is 6.61 Å². The molecule has 0 amide bonds. The summed E-state index contributed by atoms with van der Waals surface area (Å²) in [7, 11) is 0. The Hall–Kier alpha value is -0.120. The Labute approximate surface area is 79.2 Å². The van der Waals surface area contributed by atoms with Gasteiger partial charge in [0.25, 0.3) is 0 Å². The summed E-state index contributed by atoms with van der Waals surface area (Å²) in [4.78, 5) is 2.60. The number of nitrogens with zero attached hydrogens (tertiary/aromatic N) is 1. The third-order valence-corrected chi connectivity index (χ3v) is 3.84. The highest BCUT2D eigenvalue weighted by Gasteiger charge is 2.47. The van der Waals surface area contributed by atoms with Crippen LogP contribution in [0.5, 0.6) is 0 Å². The fourth-order valence-corrected chi connectivity index (χ4v) is 2.91. The van der Waals surface area contributed by atoms with E-state index in [0.717, 1.165) is 31.5 Å². The van der Waals surface area contributed by atoms with Gasteiger partial charge in [0.2, 0.25) is 0 Å². The van der Waals surface area contributed by atoms with Crippen molar-refractivity contribution in [3.63, 3.8) is 0 Å². The predicted octanol–water partition coefficient (Wildman–Crippen LogP) is 0.0543. The van der Waals surface area contributed by atoms with Gasteiger partial charge in [0.15, 0.2) is 0 Å². The van der Waals surface area contributed by atoms with Crippen molar-refractivity contribution >= 4 is 0 Å². The van der Waals surface area contributed by atoms with Crippen LogP contribution in [0.25, 0.3) is 0 Å². The zero-order chi connectivity index (χ0) is 8.84. The first-order valence-electron chi connectivity index (χ1n) is 5.42. The standard InChI is InChI=1S/C10H18N2O/c11-9-6-13-2-1-10(9)12-4-7-3-8(7)5-12/h7-10H,1-6,11H2. The fourth-order valence-electron chi connectivity index (χ4n) is 2.91. The molecule has 3 fully saturated rings. The molecule has 2 saturated heterocycles. The van der Waals surface area contributed by atoms with Crippen molar-refractivity contribution in [1.29, 1.82) is 0 Å². The Morgan fingerprint density at radius 2 is 2.00 bits per heavy atom. The molecule has 0 aromatic carbocycles. The first-order valence-corrected chi connectivity index (χ1v) is 5.42. The third kappa shape index (κ3) is 1.39. The second kappa shape index (κ2) is 2.94. The number of fused-ring (bicyclic) bond motifs is 1. The van der Waals surface area contributed by atoms with Crippen molar-refractivity contribution in [2.75, 3.05) is 26.3 Å². The summed E-state index contributed by atoms with van der Waals surface area (Å²) >= 11 is 0. The summed E-state index contributed by atoms with van der Waals surface area (Å²) in [5.74, 6) is 2.05. The Balaban J connectivity index is 1.63. The quantitative estimate of drug-likeness (QED) is 0.623. The molecule has 0 bridgehead atoms. The summed E-state index contributed by atoms with van der Waals surface area (Å²) in [6.07, 6.45) is 2.62. The minimum absolute atomic E-state index is 0.256. The number of piperidine rings is 1. The molecule has 1 saturated carbocycles. The molecule has 74 valence electrons. The molecule has 0 aromatic rings. The van der Waals surface area contributed by atoms with E-state index in [1.54, 1.807) is 0 Å². The van der Waals surface area contributed by atoms with Crippen LogP contribution in [0.1, 0.15) is 12.8 Å². The van der Waals surface area contributed by atoms with Crippen molar-refractivity contribution in [2.24, 2.45) is 17.6 Å². The van der Waals surface area contributed by atoms with E-state index < -0.39 is 0 Å². The molecular weight excluding hydrogens is 164 g/mol. The molecule has 0 aromatic heterocycles. The van der Waals surface area contributed by atoms with Gasteiger partial charge in [-0.2, -0.15) is 0 Å². The minimum atomic E-state index is 0.256. The van der Waals surface area contributed by atoms with Crippen LogP contribution in [0.4, 0.5) is 0 Å². The summed E-state index contributed by atoms with van der Waals surface area (Å²) in [5, 5.41) is 0. The first kappa shape index (κ1) is 8.21. The highest BCUT2D eigenvalue weighted by molar-refractivity contribution is 5.00. The molecule has 2 aliphatic heterocycles. The van der Waals surface area contributed by atoms with Gasteiger partial charge in [0, 0.05) is 31.8 Å². The van der Waals surface area contributed by atoms with Crippen molar-refractivity contribution in [1.82, 2.24) is 4.90 Å². The number of likely N-dealkylation sites (tertiary alicyclic amines) is 1. The molecular formula is C10H18N2O. The van der Waals surface area contributed by atoms with Crippen LogP contribution in [-0.2, 0) is 4.74 Å². The smallest absolute Gasteiger partial charge is 0.0632 e. The Morgan fingerprint density at radius 3 is 2.69 bits per heavy atom. The molecule has 2 N–H and O–H groups in total. The molecule has 2 heterocycles. The zero-order valence-electron chi connectivity index (χ0n) is 7.98. The van der Waals surface area contributed by atoms with Gasteiger partial charge < -0.3 is 10.5 Å².